The molecule has 0 aromatic heterocycles. The summed E-state index contributed by atoms with van der Waals surface area (Å²) in [6, 6.07) is 5.40. The van der Waals surface area contributed by atoms with Crippen LogP contribution in [0.1, 0.15) is 44.1 Å². The number of halogens is 1. The molecule has 1 aromatic carbocycles. The van der Waals surface area contributed by atoms with E-state index in [1.807, 2.05) is 0 Å². The van der Waals surface area contributed by atoms with Crippen LogP contribution in [-0.4, -0.2) is 22.4 Å². The molecule has 0 radical (unpaired) electrons. The Kier molecular flexibility index (Phi) is 4.45. The molecule has 1 heterocycles. The summed E-state index contributed by atoms with van der Waals surface area (Å²) in [6.45, 7) is 1.82. The zero-order valence-corrected chi connectivity index (χ0v) is 12.9. The number of nitrogens with zero attached hydrogens (tertiary/aromatic N) is 2. The summed E-state index contributed by atoms with van der Waals surface area (Å²) in [7, 11) is 0. The van der Waals surface area contributed by atoms with Crippen molar-refractivity contribution in [2.45, 2.75) is 51.1 Å². The normalized spacial score (nSPS) is 26.3. The molecule has 5 heteroatoms. The summed E-state index contributed by atoms with van der Waals surface area (Å²) in [5.74, 6) is 0.810. The van der Waals surface area contributed by atoms with E-state index in [9.17, 15) is 10.1 Å². The zero-order valence-electron chi connectivity index (χ0n) is 12.1. The number of hydrogen-bond acceptors (Lipinski definition) is 3. The third kappa shape index (κ3) is 3.22. The smallest absolute Gasteiger partial charge is 0.269 e. The highest BCUT2D eigenvalue weighted by Crippen LogP contribution is 2.36. The van der Waals surface area contributed by atoms with Crippen LogP contribution in [0.4, 0.5) is 5.69 Å². The molecule has 114 valence electrons. The van der Waals surface area contributed by atoms with Crippen molar-refractivity contribution in [3.63, 3.8) is 0 Å². The van der Waals surface area contributed by atoms with E-state index in [4.69, 9.17) is 11.6 Å². The van der Waals surface area contributed by atoms with Gasteiger partial charge in [-0.25, -0.2) is 0 Å². The number of nitro benzene ring substituents is 1. The Balaban J connectivity index is 1.78. The zero-order chi connectivity index (χ0) is 14.8. The lowest BCUT2D eigenvalue weighted by atomic mass is 9.78. The van der Waals surface area contributed by atoms with Crippen molar-refractivity contribution in [1.29, 1.82) is 0 Å². The van der Waals surface area contributed by atoms with E-state index in [1.165, 1.54) is 44.6 Å². The molecule has 0 bridgehead atoms. The van der Waals surface area contributed by atoms with E-state index in [1.54, 1.807) is 12.1 Å². The van der Waals surface area contributed by atoms with Crippen molar-refractivity contribution in [3.8, 4) is 0 Å². The minimum absolute atomic E-state index is 0.131. The Hall–Kier alpha value is -1.13. The minimum Gasteiger partial charge on any atom is -0.296 e. The van der Waals surface area contributed by atoms with Gasteiger partial charge < -0.3 is 0 Å². The number of fused-ring (bicyclic) bond motifs is 1. The molecule has 0 N–H and O–H groups in total. The Bertz CT molecular complexity index is 533. The average Bonchev–Trinajstić information content (AvgIpc) is 2.49. The Morgan fingerprint density at radius 3 is 2.81 bits per heavy atom. The predicted molar refractivity (Wildman–Crippen MR) is 83.5 cm³/mol. The van der Waals surface area contributed by atoms with E-state index in [0.29, 0.717) is 11.1 Å². The molecule has 2 unspecified atom stereocenters. The van der Waals surface area contributed by atoms with Crippen LogP contribution in [-0.2, 0) is 6.54 Å². The molecule has 1 saturated heterocycles. The predicted octanol–water partition coefficient (Wildman–Crippen LogP) is 4.40. The van der Waals surface area contributed by atoms with Crippen LogP contribution in [0.2, 0.25) is 5.02 Å². The molecule has 1 aliphatic heterocycles. The van der Waals surface area contributed by atoms with Crippen molar-refractivity contribution in [1.82, 2.24) is 4.90 Å². The first-order valence-corrected chi connectivity index (χ1v) is 8.20. The number of piperidine rings is 1. The molecule has 2 atom stereocenters. The highest BCUT2D eigenvalue weighted by atomic mass is 35.5. The lowest BCUT2D eigenvalue weighted by molar-refractivity contribution is -0.384. The van der Waals surface area contributed by atoms with Gasteiger partial charge in [-0.3, -0.25) is 15.0 Å². The van der Waals surface area contributed by atoms with Gasteiger partial charge in [0.2, 0.25) is 0 Å². The van der Waals surface area contributed by atoms with Gasteiger partial charge >= 0.3 is 0 Å². The largest absolute Gasteiger partial charge is 0.296 e. The highest BCUT2D eigenvalue weighted by Gasteiger charge is 2.33. The fraction of sp³-hybridized carbons (Fsp3) is 0.625. The van der Waals surface area contributed by atoms with Gasteiger partial charge in [0.25, 0.3) is 5.69 Å². The lowest BCUT2D eigenvalue weighted by Crippen LogP contribution is -2.46. The van der Waals surface area contributed by atoms with Gasteiger partial charge in [-0.1, -0.05) is 24.4 Å². The minimum atomic E-state index is -0.348. The molecule has 3 rings (SSSR count). The van der Waals surface area contributed by atoms with Gasteiger partial charge in [-0.2, -0.15) is 0 Å². The number of benzene rings is 1. The fourth-order valence-corrected chi connectivity index (χ4v) is 4.12. The fourth-order valence-electron chi connectivity index (χ4n) is 3.94. The average molecular weight is 309 g/mol. The second-order valence-corrected chi connectivity index (χ2v) is 6.66. The van der Waals surface area contributed by atoms with Gasteiger partial charge in [-0.15, -0.1) is 0 Å². The molecule has 0 amide bonds. The van der Waals surface area contributed by atoms with Crippen molar-refractivity contribution in [2.75, 3.05) is 6.54 Å². The second kappa shape index (κ2) is 6.32. The summed E-state index contributed by atoms with van der Waals surface area (Å²) in [5, 5.41) is 11.6. The topological polar surface area (TPSA) is 46.4 Å². The third-order valence-electron chi connectivity index (χ3n) is 4.97. The number of nitro groups is 1. The van der Waals surface area contributed by atoms with Crippen LogP contribution in [0.5, 0.6) is 0 Å². The molecular formula is C16H21ClN2O2. The van der Waals surface area contributed by atoms with E-state index in [-0.39, 0.29) is 10.6 Å². The maximum Gasteiger partial charge on any atom is 0.269 e. The van der Waals surface area contributed by atoms with E-state index < -0.39 is 0 Å². The maximum atomic E-state index is 10.9. The first kappa shape index (κ1) is 14.8. The van der Waals surface area contributed by atoms with Crippen LogP contribution in [0, 0.1) is 16.0 Å². The van der Waals surface area contributed by atoms with Crippen LogP contribution in [0.3, 0.4) is 0 Å². The molecule has 0 spiro atoms. The van der Waals surface area contributed by atoms with Crippen LogP contribution in [0.25, 0.3) is 0 Å². The number of non-ortho nitro benzene ring substituents is 1. The quantitative estimate of drug-likeness (QED) is 0.614. The van der Waals surface area contributed by atoms with Crippen LogP contribution >= 0.6 is 11.6 Å². The van der Waals surface area contributed by atoms with E-state index in [2.05, 4.69) is 4.90 Å². The van der Waals surface area contributed by atoms with Gasteiger partial charge in [0, 0.05) is 29.7 Å². The summed E-state index contributed by atoms with van der Waals surface area (Å²) in [5.41, 5.74) is 1.02. The molecule has 2 fully saturated rings. The van der Waals surface area contributed by atoms with E-state index >= 15 is 0 Å². The Morgan fingerprint density at radius 2 is 2.00 bits per heavy atom. The molecule has 4 nitrogen and oxygen atoms in total. The summed E-state index contributed by atoms with van der Waals surface area (Å²) < 4.78 is 0. The molecule has 21 heavy (non-hydrogen) atoms. The summed E-state index contributed by atoms with van der Waals surface area (Å²) >= 11 is 6.25. The molecule has 1 aromatic rings. The first-order valence-electron chi connectivity index (χ1n) is 7.82. The molecule has 2 aliphatic rings. The monoisotopic (exact) mass is 308 g/mol. The Labute approximate surface area is 130 Å². The molecule has 1 aliphatic carbocycles. The standard InChI is InChI=1S/C16H21ClN2O2/c17-15-8-7-14(19(20)21)10-13(15)11-18-9-3-5-12-4-1-2-6-16(12)18/h7-8,10,12,16H,1-6,9,11H2. The first-order chi connectivity index (χ1) is 10.1. The third-order valence-corrected chi connectivity index (χ3v) is 5.34. The van der Waals surface area contributed by atoms with Gasteiger partial charge in [0.1, 0.15) is 0 Å². The molecular weight excluding hydrogens is 288 g/mol. The number of likely N-dealkylation sites (tertiary alicyclic amines) is 1. The second-order valence-electron chi connectivity index (χ2n) is 6.26. The number of rotatable bonds is 3. The number of hydrogen-bond donors (Lipinski definition) is 0. The van der Waals surface area contributed by atoms with Crippen molar-refractivity contribution >= 4 is 17.3 Å². The molecule has 1 saturated carbocycles. The van der Waals surface area contributed by atoms with Crippen molar-refractivity contribution in [2.24, 2.45) is 5.92 Å². The van der Waals surface area contributed by atoms with Gasteiger partial charge in [0.15, 0.2) is 0 Å². The lowest BCUT2D eigenvalue weighted by Gasteiger charge is -2.44. The maximum absolute atomic E-state index is 10.9. The van der Waals surface area contributed by atoms with Crippen molar-refractivity contribution in [3.05, 3.63) is 38.9 Å². The van der Waals surface area contributed by atoms with Gasteiger partial charge in [-0.05, 0) is 49.8 Å². The highest BCUT2D eigenvalue weighted by molar-refractivity contribution is 6.31. The summed E-state index contributed by atoms with van der Waals surface area (Å²) in [6.07, 6.45) is 7.82. The van der Waals surface area contributed by atoms with Crippen molar-refractivity contribution < 1.29 is 4.92 Å². The Morgan fingerprint density at radius 1 is 1.24 bits per heavy atom. The van der Waals surface area contributed by atoms with Crippen LogP contribution < -0.4 is 0 Å². The van der Waals surface area contributed by atoms with E-state index in [0.717, 1.165) is 24.6 Å². The van der Waals surface area contributed by atoms with Crippen LogP contribution in [0.15, 0.2) is 18.2 Å². The SMILES string of the molecule is O=[N+]([O-])c1ccc(Cl)c(CN2CCCC3CCCCC32)c1. The summed E-state index contributed by atoms with van der Waals surface area (Å²) in [4.78, 5) is 13.1. The van der Waals surface area contributed by atoms with Gasteiger partial charge in [0.05, 0.1) is 4.92 Å².